The van der Waals surface area contributed by atoms with Crippen molar-refractivity contribution in [2.75, 3.05) is 44.3 Å². The number of nitrogens with zero attached hydrogens (tertiary/aromatic N) is 5. The minimum atomic E-state index is -3.97. The van der Waals surface area contributed by atoms with Crippen molar-refractivity contribution in [1.29, 1.82) is 0 Å². The molecule has 0 spiro atoms. The van der Waals surface area contributed by atoms with E-state index in [-0.39, 0.29) is 51.6 Å². The van der Waals surface area contributed by atoms with Gasteiger partial charge in [-0.3, -0.25) is 10.0 Å². The van der Waals surface area contributed by atoms with Crippen molar-refractivity contribution in [2.24, 2.45) is 0 Å². The van der Waals surface area contributed by atoms with Gasteiger partial charge in [-0.1, -0.05) is 0 Å². The molecular weight excluding hydrogens is 450 g/mol. The van der Waals surface area contributed by atoms with E-state index in [1.807, 2.05) is 24.3 Å². The van der Waals surface area contributed by atoms with Gasteiger partial charge in [-0.25, -0.2) is 13.9 Å². The number of H-pyrrole nitrogens is 1. The van der Waals surface area contributed by atoms with Gasteiger partial charge in [0.15, 0.2) is 4.75 Å². The summed E-state index contributed by atoms with van der Waals surface area (Å²) in [5.41, 5.74) is 3.32. The molecular formula is C17H24ClN7O5S. The third-order valence-corrected chi connectivity index (χ3v) is 8.35. The van der Waals surface area contributed by atoms with Crippen LogP contribution in [-0.2, 0) is 19.6 Å². The van der Waals surface area contributed by atoms with E-state index in [9.17, 15) is 13.2 Å². The standard InChI is InChI=1S/C17H23N7O5S.ClH/c25-16(20-26)17(5-11-29-12-6-17)30(27,28)24-9-7-23(8-10-24)14-3-1-13(2-4-14)15-18-21-22-19-15;/h1-4,26H,5-12H2,(H,20,25)(H,18,19,21,22);1H. The number of hydrogen-bond acceptors (Lipinski definition) is 9. The molecule has 2 aliphatic rings. The average Bonchev–Trinajstić information content (AvgIpc) is 3.34. The number of sulfonamides is 1. The highest BCUT2D eigenvalue weighted by molar-refractivity contribution is 7.91. The highest BCUT2D eigenvalue weighted by Gasteiger charge is 2.54. The number of tetrazole rings is 1. The van der Waals surface area contributed by atoms with Crippen LogP contribution in [0.15, 0.2) is 24.3 Å². The number of ether oxygens (including phenoxy) is 1. The first-order valence-electron chi connectivity index (χ1n) is 9.59. The van der Waals surface area contributed by atoms with E-state index in [1.54, 1.807) is 5.48 Å². The first-order valence-corrected chi connectivity index (χ1v) is 11.0. The minimum absolute atomic E-state index is 0. The first kappa shape index (κ1) is 23.3. The molecule has 2 fully saturated rings. The number of hydroxylamine groups is 1. The molecule has 3 N–H and O–H groups in total. The number of nitrogens with one attached hydrogen (secondary N) is 2. The molecule has 1 amide bonds. The van der Waals surface area contributed by atoms with Crippen molar-refractivity contribution in [3.63, 3.8) is 0 Å². The predicted octanol–water partition coefficient (Wildman–Crippen LogP) is -0.205. The van der Waals surface area contributed by atoms with Gasteiger partial charge in [0, 0.05) is 63.5 Å². The third-order valence-electron chi connectivity index (χ3n) is 5.72. The fraction of sp³-hybridized carbons (Fsp3) is 0.529. The number of carbonyl (C=O) groups excluding carboxylic acids is 1. The minimum Gasteiger partial charge on any atom is -0.381 e. The summed E-state index contributed by atoms with van der Waals surface area (Å²) in [6.45, 7) is 1.76. The lowest BCUT2D eigenvalue weighted by molar-refractivity contribution is -0.134. The lowest BCUT2D eigenvalue weighted by atomic mass is 9.98. The van der Waals surface area contributed by atoms with Crippen molar-refractivity contribution in [3.8, 4) is 11.4 Å². The molecule has 0 atom stereocenters. The van der Waals surface area contributed by atoms with Crippen LogP contribution in [0.2, 0.25) is 0 Å². The molecule has 0 radical (unpaired) electrons. The van der Waals surface area contributed by atoms with Gasteiger partial charge in [0.25, 0.3) is 5.91 Å². The van der Waals surface area contributed by atoms with E-state index in [0.717, 1.165) is 11.3 Å². The molecule has 0 saturated carbocycles. The number of halogens is 1. The van der Waals surface area contributed by atoms with Crippen LogP contribution in [0.25, 0.3) is 11.4 Å². The van der Waals surface area contributed by atoms with Gasteiger partial charge in [0.2, 0.25) is 15.8 Å². The number of piperazine rings is 1. The largest absolute Gasteiger partial charge is 0.381 e. The highest BCUT2D eigenvalue weighted by atomic mass is 35.5. The molecule has 12 nitrogen and oxygen atoms in total. The van der Waals surface area contributed by atoms with E-state index >= 15 is 0 Å². The molecule has 2 saturated heterocycles. The lowest BCUT2D eigenvalue weighted by Gasteiger charge is -2.42. The Bertz CT molecular complexity index is 973. The Morgan fingerprint density at radius 3 is 2.32 bits per heavy atom. The van der Waals surface area contributed by atoms with Crippen LogP contribution >= 0.6 is 12.4 Å². The van der Waals surface area contributed by atoms with Crippen LogP contribution in [-0.4, -0.2) is 88.6 Å². The summed E-state index contributed by atoms with van der Waals surface area (Å²) in [5.74, 6) is -0.397. The molecule has 3 heterocycles. The molecule has 1 aromatic carbocycles. The average molecular weight is 474 g/mol. The van der Waals surface area contributed by atoms with Gasteiger partial charge in [-0.2, -0.15) is 9.52 Å². The number of carbonyl (C=O) groups is 1. The Hall–Kier alpha value is -2.32. The molecule has 31 heavy (non-hydrogen) atoms. The second kappa shape index (κ2) is 9.44. The molecule has 0 bridgehead atoms. The zero-order valence-corrected chi connectivity index (χ0v) is 18.2. The van der Waals surface area contributed by atoms with Crippen LogP contribution < -0.4 is 10.4 Å². The summed E-state index contributed by atoms with van der Waals surface area (Å²) >= 11 is 0. The van der Waals surface area contributed by atoms with Crippen LogP contribution in [0.4, 0.5) is 5.69 Å². The number of rotatable bonds is 5. The zero-order chi connectivity index (χ0) is 21.2. The molecule has 1 aromatic heterocycles. The van der Waals surface area contributed by atoms with E-state index < -0.39 is 20.7 Å². The quantitative estimate of drug-likeness (QED) is 0.395. The van der Waals surface area contributed by atoms with Gasteiger partial charge >= 0.3 is 0 Å². The summed E-state index contributed by atoms with van der Waals surface area (Å²) in [5, 5.41) is 23.0. The second-order valence-electron chi connectivity index (χ2n) is 7.22. The van der Waals surface area contributed by atoms with Crippen LogP contribution in [0.3, 0.4) is 0 Å². The Kier molecular flexibility index (Phi) is 7.11. The molecule has 0 aliphatic carbocycles. The van der Waals surface area contributed by atoms with Gasteiger partial charge in [0.05, 0.1) is 0 Å². The molecule has 2 aliphatic heterocycles. The molecule has 0 unspecified atom stereocenters. The van der Waals surface area contributed by atoms with Crippen molar-refractivity contribution in [3.05, 3.63) is 24.3 Å². The maximum absolute atomic E-state index is 13.3. The first-order chi connectivity index (χ1) is 14.5. The highest BCUT2D eigenvalue weighted by Crippen LogP contribution is 2.34. The summed E-state index contributed by atoms with van der Waals surface area (Å²) < 4.78 is 31.6. The van der Waals surface area contributed by atoms with Gasteiger partial charge in [-0.15, -0.1) is 22.6 Å². The SMILES string of the molecule is Cl.O=C(NO)C1(S(=O)(=O)N2CCN(c3ccc(-c4nn[nH]n4)cc3)CC2)CCOCC1. The number of benzene rings is 1. The van der Waals surface area contributed by atoms with Gasteiger partial charge < -0.3 is 9.64 Å². The van der Waals surface area contributed by atoms with Crippen molar-refractivity contribution < 1.29 is 23.2 Å². The fourth-order valence-corrected chi connectivity index (χ4v) is 6.05. The summed E-state index contributed by atoms with van der Waals surface area (Å²) in [6, 6.07) is 7.61. The van der Waals surface area contributed by atoms with E-state index in [1.165, 1.54) is 4.31 Å². The van der Waals surface area contributed by atoms with E-state index in [4.69, 9.17) is 9.94 Å². The molecule has 2 aromatic rings. The Morgan fingerprint density at radius 1 is 1.13 bits per heavy atom. The van der Waals surface area contributed by atoms with Gasteiger partial charge in [0.1, 0.15) is 0 Å². The van der Waals surface area contributed by atoms with Crippen LogP contribution in [0.5, 0.6) is 0 Å². The third kappa shape index (κ3) is 4.23. The Morgan fingerprint density at radius 2 is 1.77 bits per heavy atom. The lowest BCUT2D eigenvalue weighted by Crippen LogP contribution is -2.62. The number of hydrogen-bond donors (Lipinski definition) is 3. The molecule has 4 rings (SSSR count). The van der Waals surface area contributed by atoms with Crippen LogP contribution in [0.1, 0.15) is 12.8 Å². The Labute approximate surface area is 185 Å². The normalized spacial score (nSPS) is 19.5. The number of aromatic nitrogens is 4. The summed E-state index contributed by atoms with van der Waals surface area (Å²) in [4.78, 5) is 14.4. The number of aromatic amines is 1. The smallest absolute Gasteiger partial charge is 0.266 e. The van der Waals surface area contributed by atoms with Crippen molar-refractivity contribution >= 4 is 34.0 Å². The monoisotopic (exact) mass is 473 g/mol. The molecule has 170 valence electrons. The van der Waals surface area contributed by atoms with Crippen molar-refractivity contribution in [1.82, 2.24) is 30.4 Å². The maximum atomic E-state index is 13.3. The summed E-state index contributed by atoms with van der Waals surface area (Å²) in [6.07, 6.45) is 0.0268. The van der Waals surface area contributed by atoms with Crippen LogP contribution in [0, 0.1) is 0 Å². The fourth-order valence-electron chi connectivity index (χ4n) is 3.94. The summed E-state index contributed by atoms with van der Waals surface area (Å²) in [7, 11) is -3.97. The maximum Gasteiger partial charge on any atom is 0.266 e. The number of anilines is 1. The van der Waals surface area contributed by atoms with Gasteiger partial charge in [-0.05, 0) is 29.5 Å². The zero-order valence-electron chi connectivity index (χ0n) is 16.6. The second-order valence-corrected chi connectivity index (χ2v) is 9.47. The number of amides is 1. The van der Waals surface area contributed by atoms with E-state index in [0.29, 0.717) is 18.9 Å². The van der Waals surface area contributed by atoms with E-state index in [2.05, 4.69) is 25.5 Å². The molecule has 14 heteroatoms. The predicted molar refractivity (Wildman–Crippen MR) is 112 cm³/mol. The topological polar surface area (TPSA) is 154 Å². The van der Waals surface area contributed by atoms with Crippen molar-refractivity contribution in [2.45, 2.75) is 17.6 Å². The Balaban J connectivity index is 0.00000272.